The molecule has 1 amide bonds. The van der Waals surface area contributed by atoms with Crippen LogP contribution in [-0.4, -0.2) is 5.91 Å². The number of benzene rings is 3. The third-order valence-corrected chi connectivity index (χ3v) is 4.75. The Bertz CT molecular complexity index is 1060. The number of aryl methyl sites for hydroxylation is 1. The molecule has 4 rings (SSSR count). The van der Waals surface area contributed by atoms with E-state index in [2.05, 4.69) is 36.5 Å². The zero-order valence-corrected chi connectivity index (χ0v) is 15.2. The highest BCUT2D eigenvalue weighted by Gasteiger charge is 2.11. The summed E-state index contributed by atoms with van der Waals surface area (Å²) in [6.45, 7) is 2.12. The number of carbonyl (C=O) groups is 1. The van der Waals surface area contributed by atoms with E-state index < -0.39 is 0 Å². The number of amides is 1. The molecule has 4 aromatic rings. The summed E-state index contributed by atoms with van der Waals surface area (Å²) in [6, 6.07) is 24.2. The van der Waals surface area contributed by atoms with Crippen LogP contribution < -0.4 is 5.32 Å². The van der Waals surface area contributed by atoms with E-state index in [-0.39, 0.29) is 5.91 Å². The SMILES string of the molecule is CCc1ccc2occ(CC(=O)Nc3ccc(-c4ccccc4)cc3)c2c1. The van der Waals surface area contributed by atoms with Crippen LogP contribution in [0.3, 0.4) is 0 Å². The topological polar surface area (TPSA) is 42.2 Å². The van der Waals surface area contributed by atoms with Gasteiger partial charge in [0.25, 0.3) is 0 Å². The second kappa shape index (κ2) is 7.50. The number of furan rings is 1. The Labute approximate surface area is 158 Å². The minimum Gasteiger partial charge on any atom is -0.464 e. The van der Waals surface area contributed by atoms with E-state index in [0.717, 1.165) is 39.8 Å². The lowest BCUT2D eigenvalue weighted by Gasteiger charge is -2.07. The predicted molar refractivity (Wildman–Crippen MR) is 110 cm³/mol. The smallest absolute Gasteiger partial charge is 0.228 e. The highest BCUT2D eigenvalue weighted by atomic mass is 16.3. The van der Waals surface area contributed by atoms with Crippen molar-refractivity contribution in [1.29, 1.82) is 0 Å². The van der Waals surface area contributed by atoms with Gasteiger partial charge in [-0.2, -0.15) is 0 Å². The van der Waals surface area contributed by atoms with E-state index in [1.165, 1.54) is 5.56 Å². The van der Waals surface area contributed by atoms with Gasteiger partial charge in [-0.05, 0) is 47.4 Å². The molecule has 0 radical (unpaired) electrons. The Kier molecular flexibility index (Phi) is 4.75. The normalized spacial score (nSPS) is 10.9. The molecule has 0 saturated carbocycles. The van der Waals surface area contributed by atoms with E-state index in [0.29, 0.717) is 6.42 Å². The second-order valence-electron chi connectivity index (χ2n) is 6.61. The molecule has 0 atom stereocenters. The molecule has 0 bridgehead atoms. The zero-order chi connectivity index (χ0) is 18.6. The molecule has 3 heteroatoms. The summed E-state index contributed by atoms with van der Waals surface area (Å²) in [7, 11) is 0. The van der Waals surface area contributed by atoms with E-state index >= 15 is 0 Å². The van der Waals surface area contributed by atoms with Gasteiger partial charge in [0, 0.05) is 16.6 Å². The zero-order valence-electron chi connectivity index (χ0n) is 15.2. The molecule has 1 heterocycles. The van der Waals surface area contributed by atoms with E-state index in [4.69, 9.17) is 4.42 Å². The molecule has 3 aromatic carbocycles. The first-order chi connectivity index (χ1) is 13.2. The lowest BCUT2D eigenvalue weighted by Crippen LogP contribution is -2.14. The maximum atomic E-state index is 12.5. The molecular formula is C24H21NO2. The van der Waals surface area contributed by atoms with Gasteiger partial charge in [-0.1, -0.05) is 55.5 Å². The maximum absolute atomic E-state index is 12.5. The standard InChI is InChI=1S/C24H21NO2/c1-2-17-8-13-23-22(14-17)20(16-27-23)15-24(26)25-21-11-9-19(10-12-21)18-6-4-3-5-7-18/h3-14,16H,2,15H2,1H3,(H,25,26). The van der Waals surface area contributed by atoms with Crippen molar-refractivity contribution in [1.82, 2.24) is 0 Å². The summed E-state index contributed by atoms with van der Waals surface area (Å²) in [5, 5.41) is 3.99. The lowest BCUT2D eigenvalue weighted by molar-refractivity contribution is -0.115. The highest BCUT2D eigenvalue weighted by molar-refractivity contribution is 5.95. The molecule has 0 fully saturated rings. The number of hydrogen-bond acceptors (Lipinski definition) is 2. The van der Waals surface area contributed by atoms with Gasteiger partial charge in [0.1, 0.15) is 5.58 Å². The van der Waals surface area contributed by atoms with Crippen LogP contribution in [0.25, 0.3) is 22.1 Å². The first kappa shape index (κ1) is 17.1. The monoisotopic (exact) mass is 355 g/mol. The summed E-state index contributed by atoms with van der Waals surface area (Å²) in [5.41, 5.74) is 6.05. The average Bonchev–Trinajstić information content (AvgIpc) is 3.11. The number of anilines is 1. The quantitative estimate of drug-likeness (QED) is 0.488. The van der Waals surface area contributed by atoms with Crippen LogP contribution >= 0.6 is 0 Å². The van der Waals surface area contributed by atoms with Crippen molar-refractivity contribution in [3.63, 3.8) is 0 Å². The van der Waals surface area contributed by atoms with Crippen LogP contribution in [0.1, 0.15) is 18.1 Å². The summed E-state index contributed by atoms with van der Waals surface area (Å²) in [5.74, 6) is -0.0490. The molecule has 0 aliphatic heterocycles. The van der Waals surface area contributed by atoms with Crippen LogP contribution in [-0.2, 0) is 17.6 Å². The molecule has 0 unspecified atom stereocenters. The van der Waals surface area contributed by atoms with Gasteiger partial charge in [-0.15, -0.1) is 0 Å². The van der Waals surface area contributed by atoms with Gasteiger partial charge >= 0.3 is 0 Å². The largest absolute Gasteiger partial charge is 0.464 e. The third-order valence-electron chi connectivity index (χ3n) is 4.75. The Morgan fingerprint density at radius 1 is 0.926 bits per heavy atom. The Morgan fingerprint density at radius 2 is 1.67 bits per heavy atom. The molecule has 0 aliphatic carbocycles. The van der Waals surface area contributed by atoms with E-state index in [1.54, 1.807) is 6.26 Å². The van der Waals surface area contributed by atoms with Crippen molar-refractivity contribution < 1.29 is 9.21 Å². The summed E-state index contributed by atoms with van der Waals surface area (Å²) in [4.78, 5) is 12.5. The number of hydrogen-bond donors (Lipinski definition) is 1. The second-order valence-corrected chi connectivity index (χ2v) is 6.61. The Balaban J connectivity index is 1.47. The van der Waals surface area contributed by atoms with Crippen molar-refractivity contribution in [2.45, 2.75) is 19.8 Å². The van der Waals surface area contributed by atoms with Crippen molar-refractivity contribution in [3.05, 3.63) is 90.2 Å². The molecule has 1 N–H and O–H groups in total. The maximum Gasteiger partial charge on any atom is 0.228 e. The molecular weight excluding hydrogens is 334 g/mol. The third kappa shape index (κ3) is 3.77. The van der Waals surface area contributed by atoms with Crippen LogP contribution in [0.4, 0.5) is 5.69 Å². The summed E-state index contributed by atoms with van der Waals surface area (Å²) >= 11 is 0. The van der Waals surface area contributed by atoms with Gasteiger partial charge in [0.2, 0.25) is 5.91 Å². The number of nitrogens with one attached hydrogen (secondary N) is 1. The fourth-order valence-electron chi connectivity index (χ4n) is 3.24. The van der Waals surface area contributed by atoms with Crippen molar-refractivity contribution >= 4 is 22.6 Å². The lowest BCUT2D eigenvalue weighted by atomic mass is 10.0. The number of carbonyl (C=O) groups excluding carboxylic acids is 1. The summed E-state index contributed by atoms with van der Waals surface area (Å²) < 4.78 is 5.58. The highest BCUT2D eigenvalue weighted by Crippen LogP contribution is 2.24. The predicted octanol–water partition coefficient (Wildman–Crippen LogP) is 5.84. The molecule has 3 nitrogen and oxygen atoms in total. The molecule has 27 heavy (non-hydrogen) atoms. The molecule has 0 saturated heterocycles. The minimum atomic E-state index is -0.0490. The summed E-state index contributed by atoms with van der Waals surface area (Å²) in [6.07, 6.45) is 2.93. The minimum absolute atomic E-state index is 0.0490. The molecule has 134 valence electrons. The molecule has 0 spiro atoms. The first-order valence-electron chi connectivity index (χ1n) is 9.17. The number of fused-ring (bicyclic) bond motifs is 1. The van der Waals surface area contributed by atoms with Crippen molar-refractivity contribution in [3.8, 4) is 11.1 Å². The fraction of sp³-hybridized carbons (Fsp3) is 0.125. The van der Waals surface area contributed by atoms with Gasteiger partial charge in [-0.25, -0.2) is 0 Å². The van der Waals surface area contributed by atoms with Crippen molar-refractivity contribution in [2.24, 2.45) is 0 Å². The van der Waals surface area contributed by atoms with Gasteiger partial charge in [-0.3, -0.25) is 4.79 Å². The van der Waals surface area contributed by atoms with E-state index in [1.807, 2.05) is 48.5 Å². The average molecular weight is 355 g/mol. The first-order valence-corrected chi connectivity index (χ1v) is 9.17. The van der Waals surface area contributed by atoms with Crippen molar-refractivity contribution in [2.75, 3.05) is 5.32 Å². The Morgan fingerprint density at radius 3 is 2.41 bits per heavy atom. The molecule has 0 aliphatic rings. The fourth-order valence-corrected chi connectivity index (χ4v) is 3.24. The molecule has 1 aromatic heterocycles. The van der Waals surface area contributed by atoms with Gasteiger partial charge in [0.15, 0.2) is 0 Å². The van der Waals surface area contributed by atoms with E-state index in [9.17, 15) is 4.79 Å². The van der Waals surface area contributed by atoms with Crippen LogP contribution in [0.5, 0.6) is 0 Å². The van der Waals surface area contributed by atoms with Crippen LogP contribution in [0.15, 0.2) is 83.5 Å². The Hall–Kier alpha value is -3.33. The van der Waals surface area contributed by atoms with Crippen LogP contribution in [0.2, 0.25) is 0 Å². The van der Waals surface area contributed by atoms with Crippen LogP contribution in [0, 0.1) is 0 Å². The van der Waals surface area contributed by atoms with Gasteiger partial charge < -0.3 is 9.73 Å². The number of rotatable bonds is 5. The van der Waals surface area contributed by atoms with Gasteiger partial charge in [0.05, 0.1) is 12.7 Å².